The van der Waals surface area contributed by atoms with Crippen molar-refractivity contribution in [2.45, 2.75) is 6.92 Å². The van der Waals surface area contributed by atoms with Crippen LogP contribution in [0.25, 0.3) is 10.4 Å². The van der Waals surface area contributed by atoms with Crippen LogP contribution >= 0.6 is 11.3 Å². The first kappa shape index (κ1) is 11.8. The van der Waals surface area contributed by atoms with Crippen LogP contribution in [0, 0.1) is 6.92 Å². The summed E-state index contributed by atoms with van der Waals surface area (Å²) in [5.74, 6) is 0.845. The highest BCUT2D eigenvalue weighted by atomic mass is 32.1. The summed E-state index contributed by atoms with van der Waals surface area (Å²) < 4.78 is 0. The molecular formula is C14H12N4S. The van der Waals surface area contributed by atoms with Gasteiger partial charge >= 0.3 is 0 Å². The molecule has 3 rings (SSSR count). The minimum atomic E-state index is 0.841. The van der Waals surface area contributed by atoms with Gasteiger partial charge in [-0.1, -0.05) is 17.4 Å². The predicted molar refractivity (Wildman–Crippen MR) is 77.6 cm³/mol. The lowest BCUT2D eigenvalue weighted by Gasteiger charge is -2.03. The van der Waals surface area contributed by atoms with E-state index in [-0.39, 0.29) is 0 Å². The Bertz CT molecular complexity index is 679. The van der Waals surface area contributed by atoms with Crippen molar-refractivity contribution >= 4 is 22.3 Å². The summed E-state index contributed by atoms with van der Waals surface area (Å²) in [6.07, 6.45) is 7.20. The number of hydrogen-bond donors (Lipinski definition) is 1. The minimum Gasteiger partial charge on any atom is -0.316 e. The summed E-state index contributed by atoms with van der Waals surface area (Å²) in [6, 6.07) is 7.89. The van der Waals surface area contributed by atoms with Crippen LogP contribution in [-0.4, -0.2) is 15.0 Å². The molecular weight excluding hydrogens is 256 g/mol. The van der Waals surface area contributed by atoms with Crippen LogP contribution in [0.4, 0.5) is 10.9 Å². The van der Waals surface area contributed by atoms with Crippen LogP contribution in [0.15, 0.2) is 49.1 Å². The maximum Gasteiger partial charge on any atom is 0.188 e. The predicted octanol–water partition coefficient (Wildman–Crippen LogP) is 3.65. The lowest BCUT2D eigenvalue weighted by Crippen LogP contribution is -1.94. The molecule has 0 spiro atoms. The molecule has 0 saturated carbocycles. The molecule has 0 radical (unpaired) electrons. The Morgan fingerprint density at radius 3 is 2.68 bits per heavy atom. The zero-order valence-electron chi connectivity index (χ0n) is 10.4. The van der Waals surface area contributed by atoms with Crippen LogP contribution in [0.2, 0.25) is 0 Å². The standard InChI is InChI=1S/C14H12N4S/c1-10-3-2-6-16-13(10)18-14-17-9-12(19-14)11-4-7-15-8-5-11/h2-9H,1H3,(H,16,17,18). The number of hydrogen-bond acceptors (Lipinski definition) is 5. The average molecular weight is 268 g/mol. The van der Waals surface area contributed by atoms with Gasteiger partial charge in [-0.05, 0) is 36.2 Å². The monoisotopic (exact) mass is 268 g/mol. The lowest BCUT2D eigenvalue weighted by atomic mass is 10.2. The Morgan fingerprint density at radius 2 is 1.89 bits per heavy atom. The third kappa shape index (κ3) is 2.61. The fourth-order valence-electron chi connectivity index (χ4n) is 1.70. The van der Waals surface area contributed by atoms with E-state index in [0.29, 0.717) is 0 Å². The second-order valence-corrected chi connectivity index (χ2v) is 5.09. The topological polar surface area (TPSA) is 50.7 Å². The number of anilines is 2. The van der Waals surface area contributed by atoms with Gasteiger partial charge in [0.15, 0.2) is 5.13 Å². The second kappa shape index (κ2) is 5.16. The highest BCUT2D eigenvalue weighted by molar-refractivity contribution is 7.18. The Hall–Kier alpha value is -2.27. The minimum absolute atomic E-state index is 0.841. The summed E-state index contributed by atoms with van der Waals surface area (Å²) in [4.78, 5) is 13.8. The highest BCUT2D eigenvalue weighted by Gasteiger charge is 2.06. The van der Waals surface area contributed by atoms with E-state index in [0.717, 1.165) is 27.0 Å². The molecule has 3 heterocycles. The van der Waals surface area contributed by atoms with E-state index in [1.54, 1.807) is 29.9 Å². The number of rotatable bonds is 3. The van der Waals surface area contributed by atoms with Gasteiger partial charge in [0.1, 0.15) is 5.82 Å². The van der Waals surface area contributed by atoms with Crippen molar-refractivity contribution in [3.63, 3.8) is 0 Å². The Morgan fingerprint density at radius 1 is 1.05 bits per heavy atom. The van der Waals surface area contributed by atoms with Gasteiger partial charge in [-0.15, -0.1) is 0 Å². The molecule has 0 saturated heterocycles. The van der Waals surface area contributed by atoms with Crippen molar-refractivity contribution in [2.24, 2.45) is 0 Å². The fourth-order valence-corrected chi connectivity index (χ4v) is 2.52. The molecule has 19 heavy (non-hydrogen) atoms. The molecule has 0 aliphatic rings. The summed E-state index contributed by atoms with van der Waals surface area (Å²) in [5, 5.41) is 4.08. The molecule has 0 atom stereocenters. The number of nitrogens with zero attached hydrogens (tertiary/aromatic N) is 3. The second-order valence-electron chi connectivity index (χ2n) is 4.06. The number of aromatic nitrogens is 3. The molecule has 0 aliphatic carbocycles. The molecule has 0 bridgehead atoms. The van der Waals surface area contributed by atoms with Gasteiger partial charge < -0.3 is 5.32 Å². The van der Waals surface area contributed by atoms with Crippen LogP contribution in [0.5, 0.6) is 0 Å². The van der Waals surface area contributed by atoms with Crippen molar-refractivity contribution in [1.82, 2.24) is 15.0 Å². The molecule has 4 nitrogen and oxygen atoms in total. The highest BCUT2D eigenvalue weighted by Crippen LogP contribution is 2.30. The Kier molecular flexibility index (Phi) is 3.20. The van der Waals surface area contributed by atoms with Gasteiger partial charge in [0.2, 0.25) is 0 Å². The maximum atomic E-state index is 4.38. The molecule has 94 valence electrons. The zero-order valence-corrected chi connectivity index (χ0v) is 11.2. The first-order chi connectivity index (χ1) is 9.33. The number of nitrogens with one attached hydrogen (secondary N) is 1. The van der Waals surface area contributed by atoms with Crippen molar-refractivity contribution in [1.29, 1.82) is 0 Å². The van der Waals surface area contributed by atoms with Crippen LogP contribution < -0.4 is 5.32 Å². The van der Waals surface area contributed by atoms with Crippen LogP contribution in [0.1, 0.15) is 5.56 Å². The van der Waals surface area contributed by atoms with Crippen molar-refractivity contribution in [3.8, 4) is 10.4 Å². The van der Waals surface area contributed by atoms with Crippen molar-refractivity contribution < 1.29 is 0 Å². The first-order valence-corrected chi connectivity index (χ1v) is 6.69. The van der Waals surface area contributed by atoms with E-state index in [2.05, 4.69) is 20.3 Å². The van der Waals surface area contributed by atoms with E-state index in [9.17, 15) is 0 Å². The molecule has 0 aliphatic heterocycles. The zero-order chi connectivity index (χ0) is 13.1. The van der Waals surface area contributed by atoms with E-state index in [4.69, 9.17) is 0 Å². The lowest BCUT2D eigenvalue weighted by molar-refractivity contribution is 1.24. The van der Waals surface area contributed by atoms with Gasteiger partial charge in [0.25, 0.3) is 0 Å². The number of thiazole rings is 1. The maximum absolute atomic E-state index is 4.38. The van der Waals surface area contributed by atoms with Crippen molar-refractivity contribution in [3.05, 3.63) is 54.6 Å². The van der Waals surface area contributed by atoms with E-state index >= 15 is 0 Å². The Balaban J connectivity index is 1.85. The molecule has 0 aromatic carbocycles. The van der Waals surface area contributed by atoms with E-state index in [1.165, 1.54) is 0 Å². The molecule has 0 fully saturated rings. The summed E-state index contributed by atoms with van der Waals surface area (Å²) in [6.45, 7) is 2.02. The van der Waals surface area contributed by atoms with Gasteiger partial charge in [-0.3, -0.25) is 4.98 Å². The quantitative estimate of drug-likeness (QED) is 0.787. The van der Waals surface area contributed by atoms with Gasteiger partial charge in [0, 0.05) is 24.8 Å². The van der Waals surface area contributed by atoms with Crippen LogP contribution in [-0.2, 0) is 0 Å². The molecule has 0 unspecified atom stereocenters. The van der Waals surface area contributed by atoms with Crippen LogP contribution in [0.3, 0.4) is 0 Å². The Labute approximate surface area is 115 Å². The average Bonchev–Trinajstić information content (AvgIpc) is 2.91. The molecule has 0 amide bonds. The molecule has 3 aromatic rings. The summed E-state index contributed by atoms with van der Waals surface area (Å²) in [5.41, 5.74) is 2.22. The van der Waals surface area contributed by atoms with Gasteiger partial charge in [-0.2, -0.15) is 0 Å². The third-order valence-electron chi connectivity index (χ3n) is 2.71. The van der Waals surface area contributed by atoms with Gasteiger partial charge in [0.05, 0.1) is 4.88 Å². The fraction of sp³-hybridized carbons (Fsp3) is 0.0714. The normalized spacial score (nSPS) is 10.4. The molecule has 3 aromatic heterocycles. The smallest absolute Gasteiger partial charge is 0.188 e. The van der Waals surface area contributed by atoms with E-state index < -0.39 is 0 Å². The largest absolute Gasteiger partial charge is 0.316 e. The summed E-state index contributed by atoms with van der Waals surface area (Å²) in [7, 11) is 0. The first-order valence-electron chi connectivity index (χ1n) is 5.88. The third-order valence-corrected chi connectivity index (χ3v) is 3.67. The summed E-state index contributed by atoms with van der Waals surface area (Å²) >= 11 is 1.60. The molecule has 1 N–H and O–H groups in total. The number of pyridine rings is 2. The SMILES string of the molecule is Cc1cccnc1Nc1ncc(-c2ccncc2)s1. The van der Waals surface area contributed by atoms with Crippen molar-refractivity contribution in [2.75, 3.05) is 5.32 Å². The van der Waals surface area contributed by atoms with E-state index in [1.807, 2.05) is 37.4 Å². The molecule has 5 heteroatoms. The van der Waals surface area contributed by atoms with Gasteiger partial charge in [-0.25, -0.2) is 9.97 Å². The number of aryl methyl sites for hydroxylation is 1.